The van der Waals surface area contributed by atoms with Gasteiger partial charge in [-0.05, 0) is 12.1 Å². The lowest BCUT2D eigenvalue weighted by atomic mass is 10.2. The van der Waals surface area contributed by atoms with Crippen LogP contribution in [0, 0.1) is 0 Å². The maximum absolute atomic E-state index is 12.3. The van der Waals surface area contributed by atoms with Gasteiger partial charge >= 0.3 is 0 Å². The normalized spacial score (nSPS) is 10.7. The van der Waals surface area contributed by atoms with Gasteiger partial charge in [-0.15, -0.1) is 11.3 Å². The van der Waals surface area contributed by atoms with Gasteiger partial charge in [-0.1, -0.05) is 32.0 Å². The Morgan fingerprint density at radius 1 is 1.28 bits per heavy atom. The fraction of sp³-hybridized carbons (Fsp3) is 0.286. The van der Waals surface area contributed by atoms with Crippen LogP contribution in [0.15, 0.2) is 35.7 Å². The number of hydrogen-bond acceptors (Lipinski definition) is 3. The number of nitrogens with zero attached hydrogens (tertiary/aromatic N) is 2. The molecule has 0 N–H and O–H groups in total. The van der Waals surface area contributed by atoms with E-state index in [0.717, 1.165) is 10.7 Å². The number of rotatable bonds is 3. The summed E-state index contributed by atoms with van der Waals surface area (Å²) in [6.45, 7) is 4.15. The van der Waals surface area contributed by atoms with E-state index < -0.39 is 0 Å². The van der Waals surface area contributed by atoms with Crippen LogP contribution in [0.2, 0.25) is 0 Å². The van der Waals surface area contributed by atoms with Crippen LogP contribution < -0.4 is 4.90 Å². The first kappa shape index (κ1) is 12.8. The van der Waals surface area contributed by atoms with Gasteiger partial charge in [0, 0.05) is 24.0 Å². The first-order valence-corrected chi connectivity index (χ1v) is 6.76. The molecule has 0 saturated heterocycles. The molecule has 3 nitrogen and oxygen atoms in total. The summed E-state index contributed by atoms with van der Waals surface area (Å²) in [6, 6.07) is 9.59. The van der Waals surface area contributed by atoms with E-state index in [9.17, 15) is 4.79 Å². The van der Waals surface area contributed by atoms with Crippen LogP contribution in [-0.4, -0.2) is 17.9 Å². The third-order valence-corrected chi connectivity index (χ3v) is 3.83. The fourth-order valence-corrected chi connectivity index (χ4v) is 2.40. The molecule has 1 amide bonds. The Morgan fingerprint density at radius 3 is 2.50 bits per heavy atom. The quantitative estimate of drug-likeness (QED) is 0.845. The van der Waals surface area contributed by atoms with Crippen molar-refractivity contribution in [2.24, 2.45) is 0 Å². The Kier molecular flexibility index (Phi) is 3.77. The molecule has 1 aromatic heterocycles. The number of benzene rings is 1. The molecular weight excluding hydrogens is 244 g/mol. The standard InChI is InChI=1S/C14H16N2OS/c1-10(2)13-15-12(9-18-13)14(17)16(3)11-7-5-4-6-8-11/h4-10H,1-3H3. The summed E-state index contributed by atoms with van der Waals surface area (Å²) in [6.07, 6.45) is 0. The van der Waals surface area contributed by atoms with Crippen LogP contribution >= 0.6 is 11.3 Å². The molecule has 0 radical (unpaired) electrons. The molecular formula is C14H16N2OS. The second-order valence-corrected chi connectivity index (χ2v) is 5.32. The molecule has 1 heterocycles. The molecule has 0 aliphatic rings. The van der Waals surface area contributed by atoms with Gasteiger partial charge in [0.2, 0.25) is 0 Å². The Labute approximate surface area is 111 Å². The molecule has 0 atom stereocenters. The number of para-hydroxylation sites is 1. The predicted octanol–water partition coefficient (Wildman–Crippen LogP) is 3.54. The lowest BCUT2D eigenvalue weighted by Crippen LogP contribution is -2.26. The third kappa shape index (κ3) is 2.59. The van der Waals surface area contributed by atoms with E-state index in [2.05, 4.69) is 18.8 Å². The number of amides is 1. The summed E-state index contributed by atoms with van der Waals surface area (Å²) >= 11 is 1.54. The minimum absolute atomic E-state index is 0.0654. The molecule has 0 aliphatic carbocycles. The van der Waals surface area contributed by atoms with Crippen LogP contribution in [0.4, 0.5) is 5.69 Å². The zero-order chi connectivity index (χ0) is 13.1. The van der Waals surface area contributed by atoms with Crippen LogP contribution in [-0.2, 0) is 0 Å². The van der Waals surface area contributed by atoms with Crippen molar-refractivity contribution in [1.29, 1.82) is 0 Å². The van der Waals surface area contributed by atoms with Crippen molar-refractivity contribution in [1.82, 2.24) is 4.98 Å². The van der Waals surface area contributed by atoms with Gasteiger partial charge in [-0.25, -0.2) is 4.98 Å². The molecule has 18 heavy (non-hydrogen) atoms. The zero-order valence-corrected chi connectivity index (χ0v) is 11.6. The zero-order valence-electron chi connectivity index (χ0n) is 10.8. The van der Waals surface area contributed by atoms with Crippen molar-refractivity contribution in [2.75, 3.05) is 11.9 Å². The topological polar surface area (TPSA) is 33.2 Å². The molecule has 0 bridgehead atoms. The number of carbonyl (C=O) groups excluding carboxylic acids is 1. The largest absolute Gasteiger partial charge is 0.310 e. The van der Waals surface area contributed by atoms with Crippen molar-refractivity contribution in [2.45, 2.75) is 19.8 Å². The summed E-state index contributed by atoms with van der Waals surface area (Å²) in [5, 5.41) is 2.83. The molecule has 0 saturated carbocycles. The number of thiazole rings is 1. The average molecular weight is 260 g/mol. The maximum Gasteiger partial charge on any atom is 0.277 e. The van der Waals surface area contributed by atoms with Gasteiger partial charge in [-0.2, -0.15) is 0 Å². The van der Waals surface area contributed by atoms with Crippen LogP contribution in [0.5, 0.6) is 0 Å². The molecule has 2 rings (SSSR count). The minimum atomic E-state index is -0.0654. The summed E-state index contributed by atoms with van der Waals surface area (Å²) in [5.74, 6) is 0.294. The highest BCUT2D eigenvalue weighted by Gasteiger charge is 2.17. The Balaban J connectivity index is 2.20. The van der Waals surface area contributed by atoms with Gasteiger partial charge in [0.15, 0.2) is 0 Å². The van der Waals surface area contributed by atoms with E-state index in [1.54, 1.807) is 11.9 Å². The third-order valence-electron chi connectivity index (χ3n) is 2.68. The summed E-state index contributed by atoms with van der Waals surface area (Å²) in [7, 11) is 1.77. The maximum atomic E-state index is 12.3. The Bertz CT molecular complexity index is 534. The number of carbonyl (C=O) groups is 1. The number of aromatic nitrogens is 1. The van der Waals surface area contributed by atoms with Gasteiger partial charge in [0.25, 0.3) is 5.91 Å². The van der Waals surface area contributed by atoms with Gasteiger partial charge in [0.1, 0.15) is 5.69 Å². The molecule has 1 aromatic carbocycles. The molecule has 94 valence electrons. The molecule has 0 fully saturated rings. The summed E-state index contributed by atoms with van der Waals surface area (Å²) in [4.78, 5) is 18.3. The van der Waals surface area contributed by atoms with Crippen LogP contribution in [0.25, 0.3) is 0 Å². The van der Waals surface area contributed by atoms with Gasteiger partial charge in [-0.3, -0.25) is 4.79 Å². The van der Waals surface area contributed by atoms with Crippen LogP contribution in [0.1, 0.15) is 35.3 Å². The van der Waals surface area contributed by atoms with E-state index in [0.29, 0.717) is 11.6 Å². The molecule has 0 aliphatic heterocycles. The van der Waals surface area contributed by atoms with Gasteiger partial charge < -0.3 is 4.90 Å². The van der Waals surface area contributed by atoms with Crippen LogP contribution in [0.3, 0.4) is 0 Å². The van der Waals surface area contributed by atoms with E-state index in [-0.39, 0.29) is 5.91 Å². The van der Waals surface area contributed by atoms with E-state index in [4.69, 9.17) is 0 Å². The van der Waals surface area contributed by atoms with Crippen molar-refractivity contribution < 1.29 is 4.79 Å². The van der Waals surface area contributed by atoms with Crippen molar-refractivity contribution in [3.8, 4) is 0 Å². The van der Waals surface area contributed by atoms with E-state index in [1.165, 1.54) is 11.3 Å². The van der Waals surface area contributed by atoms with Crippen molar-refractivity contribution >= 4 is 22.9 Å². The highest BCUT2D eigenvalue weighted by molar-refractivity contribution is 7.09. The Hall–Kier alpha value is -1.68. The smallest absolute Gasteiger partial charge is 0.277 e. The second-order valence-electron chi connectivity index (χ2n) is 4.43. The SMILES string of the molecule is CC(C)c1nc(C(=O)N(C)c2ccccc2)cs1. The highest BCUT2D eigenvalue weighted by Crippen LogP contribution is 2.21. The lowest BCUT2D eigenvalue weighted by molar-refractivity contribution is 0.0989. The van der Waals surface area contributed by atoms with Crippen molar-refractivity contribution in [3.05, 3.63) is 46.4 Å². The molecule has 2 aromatic rings. The molecule has 4 heteroatoms. The predicted molar refractivity (Wildman–Crippen MR) is 75.4 cm³/mol. The molecule has 0 unspecified atom stereocenters. The lowest BCUT2D eigenvalue weighted by Gasteiger charge is -2.15. The minimum Gasteiger partial charge on any atom is -0.310 e. The van der Waals surface area contributed by atoms with E-state index >= 15 is 0 Å². The highest BCUT2D eigenvalue weighted by atomic mass is 32.1. The average Bonchev–Trinajstić information content (AvgIpc) is 2.88. The Morgan fingerprint density at radius 2 is 1.94 bits per heavy atom. The number of anilines is 1. The fourth-order valence-electron chi connectivity index (χ4n) is 1.59. The summed E-state index contributed by atoms with van der Waals surface area (Å²) in [5.41, 5.74) is 1.40. The van der Waals surface area contributed by atoms with Gasteiger partial charge in [0.05, 0.1) is 5.01 Å². The monoisotopic (exact) mass is 260 g/mol. The molecule has 0 spiro atoms. The summed E-state index contributed by atoms with van der Waals surface area (Å²) < 4.78 is 0. The second kappa shape index (κ2) is 5.31. The van der Waals surface area contributed by atoms with E-state index in [1.807, 2.05) is 35.7 Å². The number of hydrogen-bond donors (Lipinski definition) is 0. The first-order chi connectivity index (χ1) is 8.59. The first-order valence-electron chi connectivity index (χ1n) is 5.88. The van der Waals surface area contributed by atoms with Crippen molar-refractivity contribution in [3.63, 3.8) is 0 Å².